The van der Waals surface area contributed by atoms with Crippen molar-refractivity contribution in [3.05, 3.63) is 33.3 Å². The van der Waals surface area contributed by atoms with Crippen LogP contribution < -0.4 is 10.6 Å². The lowest BCUT2D eigenvalue weighted by atomic mass is 9.77. The maximum atomic E-state index is 12.2. The normalized spacial score (nSPS) is 21.5. The van der Waals surface area contributed by atoms with Crippen molar-refractivity contribution in [2.45, 2.75) is 32.7 Å². The van der Waals surface area contributed by atoms with Crippen LogP contribution in [0.2, 0.25) is 5.02 Å². The summed E-state index contributed by atoms with van der Waals surface area (Å²) in [6, 6.07) is 5.59. The Balaban J connectivity index is 2.00. The van der Waals surface area contributed by atoms with E-state index in [9.17, 15) is 4.79 Å². The number of rotatable bonds is 3. The van der Waals surface area contributed by atoms with Crippen molar-refractivity contribution in [2.24, 2.45) is 5.41 Å². The van der Waals surface area contributed by atoms with Crippen LogP contribution >= 0.6 is 27.5 Å². The molecule has 0 radical (unpaired) electrons. The number of amides is 1. The molecule has 1 fully saturated rings. The van der Waals surface area contributed by atoms with Gasteiger partial charge in [-0.2, -0.15) is 0 Å². The summed E-state index contributed by atoms with van der Waals surface area (Å²) in [7, 11) is 0. The molecular weight excluding hydrogens is 340 g/mol. The van der Waals surface area contributed by atoms with Gasteiger partial charge in [0.15, 0.2) is 0 Å². The zero-order valence-electron chi connectivity index (χ0n) is 11.8. The third-order valence-corrected chi connectivity index (χ3v) is 4.79. The Morgan fingerprint density at radius 3 is 3.00 bits per heavy atom. The lowest BCUT2D eigenvalue weighted by Crippen LogP contribution is -2.52. The van der Waals surface area contributed by atoms with Gasteiger partial charge in [-0.1, -0.05) is 41.4 Å². The number of nitrogens with one attached hydrogen (secondary N) is 2. The predicted molar refractivity (Wildman–Crippen MR) is 86.3 cm³/mol. The fourth-order valence-corrected chi connectivity index (χ4v) is 3.15. The second-order valence-corrected chi connectivity index (χ2v) is 7.26. The second-order valence-electron chi connectivity index (χ2n) is 5.93. The number of carbonyl (C=O) groups is 1. The fraction of sp³-hybridized carbons (Fsp3) is 0.533. The number of hydrogen-bond acceptors (Lipinski definition) is 2. The van der Waals surface area contributed by atoms with Gasteiger partial charge in [-0.3, -0.25) is 4.79 Å². The van der Waals surface area contributed by atoms with E-state index in [1.54, 1.807) is 12.1 Å². The highest BCUT2D eigenvalue weighted by atomic mass is 79.9. The van der Waals surface area contributed by atoms with Crippen molar-refractivity contribution in [3.8, 4) is 0 Å². The van der Waals surface area contributed by atoms with E-state index in [0.29, 0.717) is 23.2 Å². The summed E-state index contributed by atoms with van der Waals surface area (Å²) >= 11 is 9.43. The third kappa shape index (κ3) is 3.74. The molecule has 1 amide bonds. The monoisotopic (exact) mass is 358 g/mol. The fourth-order valence-electron chi connectivity index (χ4n) is 2.58. The van der Waals surface area contributed by atoms with Crippen LogP contribution in [0, 0.1) is 5.41 Å². The van der Waals surface area contributed by atoms with E-state index < -0.39 is 0 Å². The van der Waals surface area contributed by atoms with Crippen molar-refractivity contribution >= 4 is 33.4 Å². The molecule has 20 heavy (non-hydrogen) atoms. The smallest absolute Gasteiger partial charge is 0.252 e. The molecule has 0 bridgehead atoms. The van der Waals surface area contributed by atoms with Crippen molar-refractivity contribution < 1.29 is 4.79 Å². The molecule has 0 aromatic heterocycles. The van der Waals surface area contributed by atoms with E-state index in [1.165, 1.54) is 12.8 Å². The molecule has 0 spiro atoms. The summed E-state index contributed by atoms with van der Waals surface area (Å²) in [5.74, 6) is -0.125. The molecular formula is C15H20BrClN2O. The number of benzene rings is 1. The Kier molecular flexibility index (Phi) is 5.10. The van der Waals surface area contributed by atoms with Gasteiger partial charge in [-0.25, -0.2) is 0 Å². The van der Waals surface area contributed by atoms with E-state index in [0.717, 1.165) is 11.0 Å². The van der Waals surface area contributed by atoms with Gasteiger partial charge in [0, 0.05) is 17.1 Å². The van der Waals surface area contributed by atoms with Gasteiger partial charge in [0.2, 0.25) is 0 Å². The zero-order chi connectivity index (χ0) is 14.8. The molecule has 1 saturated heterocycles. The molecule has 1 aliphatic rings. The Bertz CT molecular complexity index is 505. The maximum Gasteiger partial charge on any atom is 0.252 e. The molecule has 0 saturated carbocycles. The van der Waals surface area contributed by atoms with Gasteiger partial charge >= 0.3 is 0 Å². The van der Waals surface area contributed by atoms with Crippen LogP contribution in [0.4, 0.5) is 0 Å². The number of piperidine rings is 1. The van der Waals surface area contributed by atoms with Gasteiger partial charge < -0.3 is 10.6 Å². The minimum Gasteiger partial charge on any atom is -0.350 e. The Morgan fingerprint density at radius 1 is 1.55 bits per heavy atom. The van der Waals surface area contributed by atoms with Crippen LogP contribution in [-0.4, -0.2) is 25.0 Å². The molecule has 1 unspecified atom stereocenters. The molecule has 1 heterocycles. The van der Waals surface area contributed by atoms with E-state index in [-0.39, 0.29) is 11.3 Å². The number of carbonyl (C=O) groups excluding carboxylic acids is 1. The van der Waals surface area contributed by atoms with Crippen molar-refractivity contribution in [1.29, 1.82) is 0 Å². The van der Waals surface area contributed by atoms with E-state index >= 15 is 0 Å². The summed E-state index contributed by atoms with van der Waals surface area (Å²) in [6.45, 7) is 6.11. The molecule has 1 aromatic carbocycles. The number of halogens is 2. The molecule has 2 rings (SSSR count). The molecule has 2 N–H and O–H groups in total. The van der Waals surface area contributed by atoms with Gasteiger partial charge in [0.1, 0.15) is 0 Å². The van der Waals surface area contributed by atoms with Gasteiger partial charge in [-0.05, 0) is 43.0 Å². The van der Waals surface area contributed by atoms with Crippen molar-refractivity contribution in [3.63, 3.8) is 0 Å². The van der Waals surface area contributed by atoms with E-state index in [1.807, 2.05) is 6.07 Å². The minimum atomic E-state index is -0.125. The lowest BCUT2D eigenvalue weighted by molar-refractivity contribution is 0.0929. The van der Waals surface area contributed by atoms with Crippen LogP contribution in [0.15, 0.2) is 22.7 Å². The average molecular weight is 360 g/mol. The molecule has 1 aliphatic heterocycles. The number of hydrogen-bond donors (Lipinski definition) is 2. The van der Waals surface area contributed by atoms with E-state index in [2.05, 4.69) is 40.4 Å². The Hall–Kier alpha value is -0.580. The van der Waals surface area contributed by atoms with Crippen LogP contribution in [0.1, 0.15) is 37.0 Å². The third-order valence-electron chi connectivity index (χ3n) is 3.97. The SMILES string of the molecule is CC1(C)CCCNC1CNC(=O)c1cc(Br)ccc1Cl. The van der Waals surface area contributed by atoms with Crippen LogP contribution in [-0.2, 0) is 0 Å². The summed E-state index contributed by atoms with van der Waals surface area (Å²) in [4.78, 5) is 12.2. The summed E-state index contributed by atoms with van der Waals surface area (Å²) in [5, 5.41) is 6.94. The highest BCUT2D eigenvalue weighted by molar-refractivity contribution is 9.10. The standard InChI is InChI=1S/C15H20BrClN2O/c1-15(2)6-3-7-18-13(15)9-19-14(20)11-8-10(16)4-5-12(11)17/h4-5,8,13,18H,3,6-7,9H2,1-2H3,(H,19,20). The van der Waals surface area contributed by atoms with Crippen LogP contribution in [0.25, 0.3) is 0 Å². The quantitative estimate of drug-likeness (QED) is 0.865. The topological polar surface area (TPSA) is 41.1 Å². The summed E-state index contributed by atoms with van der Waals surface area (Å²) in [6.07, 6.45) is 2.37. The van der Waals surface area contributed by atoms with Crippen molar-refractivity contribution in [2.75, 3.05) is 13.1 Å². The molecule has 1 atom stereocenters. The lowest BCUT2D eigenvalue weighted by Gasteiger charge is -2.39. The largest absolute Gasteiger partial charge is 0.350 e. The Labute approximate surface area is 133 Å². The molecule has 5 heteroatoms. The highest BCUT2D eigenvalue weighted by Crippen LogP contribution is 2.29. The van der Waals surface area contributed by atoms with Gasteiger partial charge in [-0.15, -0.1) is 0 Å². The van der Waals surface area contributed by atoms with E-state index in [4.69, 9.17) is 11.6 Å². The first-order chi connectivity index (χ1) is 9.40. The minimum absolute atomic E-state index is 0.125. The second kappa shape index (κ2) is 6.46. The molecule has 3 nitrogen and oxygen atoms in total. The molecule has 0 aliphatic carbocycles. The van der Waals surface area contributed by atoms with Crippen LogP contribution in [0.3, 0.4) is 0 Å². The van der Waals surface area contributed by atoms with Crippen molar-refractivity contribution in [1.82, 2.24) is 10.6 Å². The maximum absolute atomic E-state index is 12.2. The van der Waals surface area contributed by atoms with Crippen LogP contribution in [0.5, 0.6) is 0 Å². The molecule has 1 aromatic rings. The first-order valence-corrected chi connectivity index (χ1v) is 8.04. The summed E-state index contributed by atoms with van der Waals surface area (Å²) in [5.41, 5.74) is 0.710. The van der Waals surface area contributed by atoms with Gasteiger partial charge in [0.05, 0.1) is 10.6 Å². The first-order valence-electron chi connectivity index (χ1n) is 6.87. The van der Waals surface area contributed by atoms with Gasteiger partial charge in [0.25, 0.3) is 5.91 Å². The first kappa shape index (κ1) is 15.8. The molecule has 110 valence electrons. The summed E-state index contributed by atoms with van der Waals surface area (Å²) < 4.78 is 0.850. The predicted octanol–water partition coefficient (Wildman–Crippen LogP) is 3.61. The zero-order valence-corrected chi connectivity index (χ0v) is 14.1. The highest BCUT2D eigenvalue weighted by Gasteiger charge is 2.32. The Morgan fingerprint density at radius 2 is 2.30 bits per heavy atom. The average Bonchev–Trinajstić information content (AvgIpc) is 2.39.